The molecular weight excluding hydrogens is 618 g/mol. The van der Waals surface area contributed by atoms with Crippen molar-refractivity contribution in [2.45, 2.75) is 76.9 Å². The zero-order valence-corrected chi connectivity index (χ0v) is 27.6. The number of carbonyl (C=O) groups excluding carboxylic acids is 4. The van der Waals surface area contributed by atoms with Crippen LogP contribution in [0.2, 0.25) is 0 Å². The maximum atomic E-state index is 13.0. The fourth-order valence-electron chi connectivity index (χ4n) is 7.13. The van der Waals surface area contributed by atoms with Crippen molar-refractivity contribution in [3.05, 3.63) is 88.5 Å². The van der Waals surface area contributed by atoms with E-state index in [0.29, 0.717) is 42.4 Å². The van der Waals surface area contributed by atoms with E-state index in [-0.39, 0.29) is 24.1 Å². The van der Waals surface area contributed by atoms with Crippen LogP contribution in [0.4, 0.5) is 5.82 Å². The number of carbonyl (C=O) groups is 4. The van der Waals surface area contributed by atoms with Gasteiger partial charge in [-0.15, -0.1) is 0 Å². The zero-order valence-electron chi connectivity index (χ0n) is 27.6. The molecule has 6 heterocycles. The molecule has 0 saturated carbocycles. The van der Waals surface area contributed by atoms with E-state index in [4.69, 9.17) is 0 Å². The molecule has 3 aromatic heterocycles. The van der Waals surface area contributed by atoms with Crippen LogP contribution < -0.4 is 10.6 Å². The zero-order chi connectivity index (χ0) is 33.9. The third-order valence-corrected chi connectivity index (χ3v) is 9.77. The van der Waals surface area contributed by atoms with Crippen molar-refractivity contribution >= 4 is 40.3 Å². The van der Waals surface area contributed by atoms with Gasteiger partial charge in [-0.3, -0.25) is 34.4 Å². The van der Waals surface area contributed by atoms with Crippen molar-refractivity contribution in [2.75, 3.05) is 18.4 Å². The fourth-order valence-corrected chi connectivity index (χ4v) is 7.13. The Hall–Kier alpha value is -5.34. The summed E-state index contributed by atoms with van der Waals surface area (Å²) < 4.78 is 0. The quantitative estimate of drug-likeness (QED) is 0.132. The van der Waals surface area contributed by atoms with E-state index in [1.807, 2.05) is 24.3 Å². The molecule has 4 aromatic rings. The molecule has 1 aromatic carbocycles. The second kappa shape index (κ2) is 14.0. The molecule has 0 spiro atoms. The Morgan fingerprint density at radius 1 is 1.04 bits per heavy atom. The van der Waals surface area contributed by atoms with Gasteiger partial charge in [0.2, 0.25) is 11.8 Å². The van der Waals surface area contributed by atoms with Crippen molar-refractivity contribution in [3.63, 3.8) is 0 Å². The minimum Gasteiger partial charge on any atom is -0.357 e. The van der Waals surface area contributed by atoms with E-state index in [0.717, 1.165) is 66.5 Å². The molecule has 0 radical (unpaired) electrons. The van der Waals surface area contributed by atoms with Crippen molar-refractivity contribution < 1.29 is 19.2 Å². The van der Waals surface area contributed by atoms with Gasteiger partial charge in [0.15, 0.2) is 0 Å². The first-order chi connectivity index (χ1) is 23.9. The molecule has 3 aliphatic rings. The van der Waals surface area contributed by atoms with Gasteiger partial charge in [0.1, 0.15) is 11.9 Å². The third kappa shape index (κ3) is 6.82. The Labute approximate surface area is 284 Å². The Kier molecular flexibility index (Phi) is 9.22. The van der Waals surface area contributed by atoms with Crippen LogP contribution in [-0.4, -0.2) is 67.5 Å². The molecule has 11 nitrogen and oxygen atoms in total. The maximum absolute atomic E-state index is 13.0. The molecule has 1 unspecified atom stereocenters. The van der Waals surface area contributed by atoms with E-state index in [9.17, 15) is 19.2 Å². The van der Waals surface area contributed by atoms with Crippen molar-refractivity contribution in [2.24, 2.45) is 0 Å². The van der Waals surface area contributed by atoms with E-state index >= 15 is 0 Å². The second-order valence-corrected chi connectivity index (χ2v) is 12.9. The maximum Gasteiger partial charge on any atom is 0.258 e. The normalized spacial score (nSPS) is 19.1. The predicted molar refractivity (Wildman–Crippen MR) is 184 cm³/mol. The average molecular weight is 658 g/mol. The standard InChI is InChI=1S/C38H39N7O4/c1-2-44-18-8-13-32(44)31-19-26-22-40-34(20-30(26)41-31)42-36(47)25-14-15-27(39-21-25)11-6-4-3-5-9-24-10-7-12-28-29(24)23-45(38(28)49)33-16-17-35(46)43-37(33)48/h7,10,12,14-15,19-22,32-33,41H,2-4,6,8,11,13,16-18,23H2,1H3,(H,40,42,47)(H,43,46,48)/t32-,33?/m1/s1. The molecular formula is C38H39N7O4. The lowest BCUT2D eigenvalue weighted by atomic mass is 10.0. The SMILES string of the molecule is CCN1CCC[C@@H]1c1cc2cnc(NC(=O)c3ccc(CCCCC#Cc4cccc5c4CN(C4CCC(=O)NC4=O)C5=O)nc3)cc2[nH]1. The van der Waals surface area contributed by atoms with Gasteiger partial charge in [-0.05, 0) is 87.5 Å². The number of amides is 4. The first kappa shape index (κ1) is 32.2. The molecule has 2 saturated heterocycles. The summed E-state index contributed by atoms with van der Waals surface area (Å²) in [6, 6.07) is 13.0. The summed E-state index contributed by atoms with van der Waals surface area (Å²) in [6.07, 6.45) is 9.52. The van der Waals surface area contributed by atoms with E-state index in [1.165, 1.54) is 12.1 Å². The van der Waals surface area contributed by atoms with Crippen LogP contribution in [-0.2, 0) is 22.6 Å². The number of nitrogens with zero attached hydrogens (tertiary/aromatic N) is 4. The van der Waals surface area contributed by atoms with Gasteiger partial charge in [-0.25, -0.2) is 4.98 Å². The largest absolute Gasteiger partial charge is 0.357 e. The number of piperidine rings is 1. The van der Waals surface area contributed by atoms with Gasteiger partial charge in [0, 0.05) is 71.8 Å². The summed E-state index contributed by atoms with van der Waals surface area (Å²) in [5.74, 6) is 5.77. The molecule has 250 valence electrons. The van der Waals surface area contributed by atoms with E-state index in [2.05, 4.69) is 55.3 Å². The Balaban J connectivity index is 0.886. The number of H-pyrrole nitrogens is 1. The number of anilines is 1. The summed E-state index contributed by atoms with van der Waals surface area (Å²) in [5.41, 5.74) is 5.72. The highest BCUT2D eigenvalue weighted by atomic mass is 16.2. The summed E-state index contributed by atoms with van der Waals surface area (Å²) in [4.78, 5) is 66.4. The monoisotopic (exact) mass is 657 g/mol. The summed E-state index contributed by atoms with van der Waals surface area (Å²) in [7, 11) is 0. The number of hydrogen-bond donors (Lipinski definition) is 3. The van der Waals surface area contributed by atoms with Crippen LogP contribution >= 0.6 is 0 Å². The van der Waals surface area contributed by atoms with Crippen molar-refractivity contribution in [1.29, 1.82) is 0 Å². The number of pyridine rings is 2. The fraction of sp³-hybridized carbons (Fsp3) is 0.368. The van der Waals surface area contributed by atoms with Crippen LogP contribution in [0.1, 0.15) is 101 Å². The molecule has 7 rings (SSSR count). The highest BCUT2D eigenvalue weighted by Crippen LogP contribution is 2.33. The number of rotatable bonds is 9. The lowest BCUT2D eigenvalue weighted by molar-refractivity contribution is -0.136. The molecule has 4 amide bonds. The Morgan fingerprint density at radius 2 is 1.94 bits per heavy atom. The first-order valence-electron chi connectivity index (χ1n) is 17.1. The van der Waals surface area contributed by atoms with Crippen LogP contribution in [0.25, 0.3) is 10.9 Å². The highest BCUT2D eigenvalue weighted by molar-refractivity contribution is 6.06. The summed E-state index contributed by atoms with van der Waals surface area (Å²) in [6.45, 7) is 4.65. The number of aromatic nitrogens is 3. The first-order valence-corrected chi connectivity index (χ1v) is 17.1. The number of benzene rings is 1. The van der Waals surface area contributed by atoms with Gasteiger partial charge in [0.25, 0.3) is 11.8 Å². The molecule has 0 aliphatic carbocycles. The predicted octanol–water partition coefficient (Wildman–Crippen LogP) is 4.89. The molecule has 11 heteroatoms. The number of aromatic amines is 1. The number of likely N-dealkylation sites (tertiary alicyclic amines) is 1. The van der Waals surface area contributed by atoms with Crippen LogP contribution in [0.3, 0.4) is 0 Å². The molecule has 2 fully saturated rings. The van der Waals surface area contributed by atoms with Gasteiger partial charge in [-0.2, -0.15) is 0 Å². The van der Waals surface area contributed by atoms with E-state index in [1.54, 1.807) is 29.4 Å². The van der Waals surface area contributed by atoms with Gasteiger partial charge in [-0.1, -0.05) is 24.8 Å². The lowest BCUT2D eigenvalue weighted by Gasteiger charge is -2.29. The van der Waals surface area contributed by atoms with Crippen LogP contribution in [0.15, 0.2) is 54.9 Å². The molecule has 3 N–H and O–H groups in total. The van der Waals surface area contributed by atoms with Crippen LogP contribution in [0, 0.1) is 11.8 Å². The number of imide groups is 1. The lowest BCUT2D eigenvalue weighted by Crippen LogP contribution is -2.52. The smallest absolute Gasteiger partial charge is 0.258 e. The summed E-state index contributed by atoms with van der Waals surface area (Å²) in [5, 5.41) is 6.27. The Bertz CT molecular complexity index is 1990. The average Bonchev–Trinajstić information content (AvgIpc) is 3.84. The number of aryl methyl sites for hydroxylation is 1. The summed E-state index contributed by atoms with van der Waals surface area (Å²) >= 11 is 0. The van der Waals surface area contributed by atoms with Gasteiger partial charge >= 0.3 is 0 Å². The molecule has 2 atom stereocenters. The third-order valence-electron chi connectivity index (χ3n) is 9.77. The topological polar surface area (TPSA) is 140 Å². The number of unbranched alkanes of at least 4 members (excludes halogenated alkanes) is 2. The molecule has 49 heavy (non-hydrogen) atoms. The number of hydrogen-bond acceptors (Lipinski definition) is 7. The van der Waals surface area contributed by atoms with E-state index < -0.39 is 11.9 Å². The minimum atomic E-state index is -0.644. The number of nitrogens with one attached hydrogen (secondary N) is 3. The van der Waals surface area contributed by atoms with Gasteiger partial charge < -0.3 is 15.2 Å². The minimum absolute atomic E-state index is 0.199. The molecule has 0 bridgehead atoms. The Morgan fingerprint density at radius 3 is 2.76 bits per heavy atom. The van der Waals surface area contributed by atoms with Crippen molar-refractivity contribution in [1.82, 2.24) is 30.1 Å². The van der Waals surface area contributed by atoms with Crippen LogP contribution in [0.5, 0.6) is 0 Å². The van der Waals surface area contributed by atoms with Gasteiger partial charge in [0.05, 0.1) is 11.1 Å². The highest BCUT2D eigenvalue weighted by Gasteiger charge is 2.39. The second-order valence-electron chi connectivity index (χ2n) is 12.9. The number of fused-ring (bicyclic) bond motifs is 2. The van der Waals surface area contributed by atoms with Crippen molar-refractivity contribution in [3.8, 4) is 11.8 Å². The molecule has 3 aliphatic heterocycles.